The lowest BCUT2D eigenvalue weighted by atomic mass is 10.1. The minimum Gasteiger partial charge on any atom is -0.492 e. The molecule has 1 saturated carbocycles. The molecule has 1 unspecified atom stereocenters. The summed E-state index contributed by atoms with van der Waals surface area (Å²) in [5.74, 6) is 0.768. The van der Waals surface area contributed by atoms with Crippen LogP contribution in [0.15, 0.2) is 22.7 Å². The van der Waals surface area contributed by atoms with E-state index in [0.29, 0.717) is 11.5 Å². The normalized spacial score (nSPS) is 15.9. The highest BCUT2D eigenvalue weighted by atomic mass is 79.9. The molecule has 0 aromatic heterocycles. The summed E-state index contributed by atoms with van der Waals surface area (Å²) in [6.07, 6.45) is 1.21. The molecule has 0 aliphatic heterocycles. The summed E-state index contributed by atoms with van der Waals surface area (Å²) in [5, 5.41) is 9.83. The van der Waals surface area contributed by atoms with E-state index in [1.54, 1.807) is 25.1 Å². The van der Waals surface area contributed by atoms with Crippen LogP contribution < -0.4 is 4.74 Å². The molecule has 104 valence electrons. The van der Waals surface area contributed by atoms with E-state index in [0.717, 1.165) is 16.8 Å². The van der Waals surface area contributed by atoms with Crippen LogP contribution in [-0.4, -0.2) is 24.3 Å². The van der Waals surface area contributed by atoms with Crippen molar-refractivity contribution < 1.29 is 19.4 Å². The van der Waals surface area contributed by atoms with Crippen LogP contribution in [0.4, 0.5) is 0 Å². The molecule has 0 bridgehead atoms. The van der Waals surface area contributed by atoms with Gasteiger partial charge in [0, 0.05) is 0 Å². The van der Waals surface area contributed by atoms with Gasteiger partial charge in [-0.3, -0.25) is 0 Å². The second kappa shape index (κ2) is 6.39. The van der Waals surface area contributed by atoms with Crippen LogP contribution in [-0.2, 0) is 9.53 Å². The van der Waals surface area contributed by atoms with E-state index in [1.165, 1.54) is 12.8 Å². The zero-order valence-electron chi connectivity index (χ0n) is 10.8. The molecule has 1 aliphatic rings. The number of rotatable bonds is 6. The largest absolute Gasteiger partial charge is 0.492 e. The Bertz CT molecular complexity index is 457. The van der Waals surface area contributed by atoms with Crippen LogP contribution >= 0.6 is 15.9 Å². The Morgan fingerprint density at radius 3 is 2.84 bits per heavy atom. The van der Waals surface area contributed by atoms with Crippen molar-refractivity contribution in [3.05, 3.63) is 28.2 Å². The Morgan fingerprint density at radius 2 is 2.26 bits per heavy atom. The molecule has 0 spiro atoms. The summed E-state index contributed by atoms with van der Waals surface area (Å²) >= 11 is 3.39. The first-order valence-corrected chi connectivity index (χ1v) is 7.18. The highest BCUT2D eigenvalue weighted by Crippen LogP contribution is 2.33. The number of hydrogen-bond donors (Lipinski definition) is 1. The monoisotopic (exact) mass is 328 g/mol. The van der Waals surface area contributed by atoms with E-state index in [9.17, 15) is 9.90 Å². The van der Waals surface area contributed by atoms with Crippen molar-refractivity contribution in [2.75, 3.05) is 13.2 Å². The van der Waals surface area contributed by atoms with Gasteiger partial charge >= 0.3 is 5.97 Å². The molecule has 1 N–H and O–H groups in total. The van der Waals surface area contributed by atoms with E-state index in [-0.39, 0.29) is 6.61 Å². The molecule has 1 fully saturated rings. The number of ether oxygens (including phenoxy) is 2. The molecule has 2 rings (SSSR count). The Balaban J connectivity index is 2.02. The van der Waals surface area contributed by atoms with Crippen molar-refractivity contribution in [3.8, 4) is 5.75 Å². The van der Waals surface area contributed by atoms with E-state index < -0.39 is 12.1 Å². The van der Waals surface area contributed by atoms with Gasteiger partial charge in [-0.05, 0) is 59.3 Å². The lowest BCUT2D eigenvalue weighted by molar-refractivity contribution is -0.153. The molecule has 4 nitrogen and oxygen atoms in total. The first-order valence-electron chi connectivity index (χ1n) is 6.38. The summed E-state index contributed by atoms with van der Waals surface area (Å²) in [6.45, 7) is 2.67. The zero-order valence-corrected chi connectivity index (χ0v) is 12.4. The van der Waals surface area contributed by atoms with Crippen LogP contribution in [0.1, 0.15) is 31.4 Å². The fourth-order valence-corrected chi connectivity index (χ4v) is 2.16. The van der Waals surface area contributed by atoms with E-state index in [4.69, 9.17) is 9.47 Å². The average molecular weight is 329 g/mol. The van der Waals surface area contributed by atoms with Gasteiger partial charge in [0.15, 0.2) is 6.10 Å². The highest BCUT2D eigenvalue weighted by molar-refractivity contribution is 9.10. The van der Waals surface area contributed by atoms with Crippen molar-refractivity contribution in [2.24, 2.45) is 5.92 Å². The highest BCUT2D eigenvalue weighted by Gasteiger charge is 2.23. The Kier molecular flexibility index (Phi) is 4.82. The van der Waals surface area contributed by atoms with Crippen LogP contribution in [0.2, 0.25) is 0 Å². The van der Waals surface area contributed by atoms with Crippen molar-refractivity contribution in [2.45, 2.75) is 25.9 Å². The summed E-state index contributed by atoms with van der Waals surface area (Å²) in [7, 11) is 0. The maximum absolute atomic E-state index is 11.4. The number of halogens is 1. The standard InChI is InChI=1S/C14H17BrO4/c1-2-18-14(17)13(16)10-5-6-12(11(15)7-10)19-8-9-3-4-9/h5-7,9,13,16H,2-4,8H2,1H3. The molecule has 5 heteroatoms. The lowest BCUT2D eigenvalue weighted by Gasteiger charge is -2.12. The van der Waals surface area contributed by atoms with Gasteiger partial charge in [0.2, 0.25) is 0 Å². The van der Waals surface area contributed by atoms with E-state index in [1.807, 2.05) is 0 Å². The number of hydrogen-bond acceptors (Lipinski definition) is 4. The maximum atomic E-state index is 11.4. The molecule has 1 aromatic rings. The van der Waals surface area contributed by atoms with Crippen molar-refractivity contribution in [1.29, 1.82) is 0 Å². The smallest absolute Gasteiger partial charge is 0.339 e. The third-order valence-corrected chi connectivity index (χ3v) is 3.57. The fourth-order valence-electron chi connectivity index (χ4n) is 1.65. The SMILES string of the molecule is CCOC(=O)C(O)c1ccc(OCC2CC2)c(Br)c1. The number of benzene rings is 1. The van der Waals surface area contributed by atoms with Crippen LogP contribution in [0.3, 0.4) is 0 Å². The van der Waals surface area contributed by atoms with Gasteiger partial charge in [0.1, 0.15) is 5.75 Å². The zero-order chi connectivity index (χ0) is 13.8. The molecule has 0 saturated heterocycles. The van der Waals surface area contributed by atoms with E-state index in [2.05, 4.69) is 15.9 Å². The second-order valence-electron chi connectivity index (χ2n) is 4.60. The van der Waals surface area contributed by atoms with Crippen LogP contribution in [0.5, 0.6) is 5.75 Å². The van der Waals surface area contributed by atoms with Gasteiger partial charge in [-0.2, -0.15) is 0 Å². The van der Waals surface area contributed by atoms with Crippen molar-refractivity contribution in [3.63, 3.8) is 0 Å². The number of aliphatic hydroxyl groups excluding tert-OH is 1. The molecular formula is C14H17BrO4. The quantitative estimate of drug-likeness (QED) is 0.816. The summed E-state index contributed by atoms with van der Waals surface area (Å²) in [4.78, 5) is 11.4. The minimum atomic E-state index is -1.26. The number of carbonyl (C=O) groups is 1. The summed E-state index contributed by atoms with van der Waals surface area (Å²) in [5.41, 5.74) is 0.490. The third-order valence-electron chi connectivity index (χ3n) is 2.95. The van der Waals surface area contributed by atoms with Crippen molar-refractivity contribution in [1.82, 2.24) is 0 Å². The predicted octanol–water partition coefficient (Wildman–Crippen LogP) is 2.83. The summed E-state index contributed by atoms with van der Waals surface area (Å²) < 4.78 is 11.2. The molecule has 1 aliphatic carbocycles. The lowest BCUT2D eigenvalue weighted by Crippen LogP contribution is -2.15. The van der Waals surface area contributed by atoms with E-state index >= 15 is 0 Å². The van der Waals surface area contributed by atoms with Gasteiger partial charge in [-0.15, -0.1) is 0 Å². The van der Waals surface area contributed by atoms with Gasteiger partial charge in [-0.1, -0.05) is 6.07 Å². The predicted molar refractivity (Wildman–Crippen MR) is 74.0 cm³/mol. The van der Waals surface area contributed by atoms with Crippen molar-refractivity contribution >= 4 is 21.9 Å². The van der Waals surface area contributed by atoms with Gasteiger partial charge < -0.3 is 14.6 Å². The second-order valence-corrected chi connectivity index (χ2v) is 5.45. The molecule has 1 aromatic carbocycles. The first kappa shape index (κ1) is 14.3. The Hall–Kier alpha value is -1.07. The minimum absolute atomic E-state index is 0.250. The maximum Gasteiger partial charge on any atom is 0.339 e. The molecular weight excluding hydrogens is 312 g/mol. The average Bonchev–Trinajstić information content (AvgIpc) is 3.20. The van der Waals surface area contributed by atoms with Crippen LogP contribution in [0.25, 0.3) is 0 Å². The molecule has 0 amide bonds. The van der Waals surface area contributed by atoms with Gasteiger partial charge in [0.25, 0.3) is 0 Å². The Morgan fingerprint density at radius 1 is 1.53 bits per heavy atom. The first-order chi connectivity index (χ1) is 9.11. The Labute approximate surface area is 120 Å². The molecule has 19 heavy (non-hydrogen) atoms. The molecule has 0 radical (unpaired) electrons. The molecule has 0 heterocycles. The van der Waals surface area contributed by atoms with Gasteiger partial charge in [0.05, 0.1) is 17.7 Å². The number of carbonyl (C=O) groups excluding carboxylic acids is 1. The number of aliphatic hydroxyl groups is 1. The number of esters is 1. The summed E-state index contributed by atoms with van der Waals surface area (Å²) in [6, 6.07) is 5.11. The fraction of sp³-hybridized carbons (Fsp3) is 0.500. The molecule has 1 atom stereocenters. The van der Waals surface area contributed by atoms with Crippen LogP contribution in [0, 0.1) is 5.92 Å². The topological polar surface area (TPSA) is 55.8 Å². The van der Waals surface area contributed by atoms with Gasteiger partial charge in [-0.25, -0.2) is 4.79 Å². The third kappa shape index (κ3) is 3.94.